The van der Waals surface area contributed by atoms with Crippen LogP contribution in [-0.2, 0) is 4.79 Å². The second-order valence-corrected chi connectivity index (χ2v) is 5.82. The maximum absolute atomic E-state index is 12.3. The molecule has 0 aromatic heterocycles. The summed E-state index contributed by atoms with van der Waals surface area (Å²) in [7, 11) is 0. The molecule has 0 spiro atoms. The van der Waals surface area contributed by atoms with Gasteiger partial charge < -0.3 is 10.0 Å². The first-order valence-electron chi connectivity index (χ1n) is 7.08. The van der Waals surface area contributed by atoms with E-state index in [9.17, 15) is 9.90 Å². The molecule has 2 aliphatic carbocycles. The fourth-order valence-electron chi connectivity index (χ4n) is 3.16. The van der Waals surface area contributed by atoms with Gasteiger partial charge in [0.25, 0.3) is 5.91 Å². The summed E-state index contributed by atoms with van der Waals surface area (Å²) < 4.78 is 0. The van der Waals surface area contributed by atoms with Crippen molar-refractivity contribution in [2.45, 2.75) is 50.7 Å². The number of aliphatic hydroxyl groups is 1. The Morgan fingerprint density at radius 3 is 2.94 bits per heavy atom. The van der Waals surface area contributed by atoms with Crippen molar-refractivity contribution in [3.63, 3.8) is 0 Å². The van der Waals surface area contributed by atoms with Gasteiger partial charge in [-0.3, -0.25) is 4.79 Å². The summed E-state index contributed by atoms with van der Waals surface area (Å²) in [5.41, 5.74) is 0.0161. The molecule has 2 unspecified atom stereocenters. The number of allylic oxidation sites excluding steroid dienone is 2. The Kier molecular flexibility index (Phi) is 2.81. The average molecular weight is 247 g/mol. The molecular weight excluding hydrogens is 226 g/mol. The molecule has 0 radical (unpaired) electrons. The minimum atomic E-state index is -0.806. The molecule has 2 atom stereocenters. The molecule has 0 aromatic rings. The van der Waals surface area contributed by atoms with E-state index in [2.05, 4.69) is 6.92 Å². The normalized spacial score (nSPS) is 34.8. The number of fused-ring (bicyclic) bond motifs is 1. The molecule has 1 aliphatic heterocycles. The van der Waals surface area contributed by atoms with E-state index in [1.807, 2.05) is 23.1 Å². The van der Waals surface area contributed by atoms with Crippen LogP contribution in [-0.4, -0.2) is 34.1 Å². The van der Waals surface area contributed by atoms with E-state index in [0.717, 1.165) is 37.7 Å². The van der Waals surface area contributed by atoms with Crippen LogP contribution >= 0.6 is 0 Å². The van der Waals surface area contributed by atoms with E-state index < -0.39 is 5.60 Å². The Hall–Kier alpha value is -1.09. The molecule has 1 saturated carbocycles. The third kappa shape index (κ3) is 1.81. The number of carbonyl (C=O) groups is 1. The Morgan fingerprint density at radius 1 is 1.50 bits per heavy atom. The number of hydrogen-bond donors (Lipinski definition) is 1. The standard InChI is InChI=1S/C15H21NO2/c1-2-3-8-15(18)9-4-5-12-13(15)10-16(14(12)17)11-6-7-11/h4-5,9,11,13,18H,2-3,6-8,10H2,1H3. The molecule has 18 heavy (non-hydrogen) atoms. The number of unbranched alkanes of at least 4 members (excludes halogenated alkanes) is 1. The lowest BCUT2D eigenvalue weighted by Gasteiger charge is -2.33. The van der Waals surface area contributed by atoms with Gasteiger partial charge in [-0.15, -0.1) is 0 Å². The van der Waals surface area contributed by atoms with Crippen molar-refractivity contribution in [1.29, 1.82) is 0 Å². The topological polar surface area (TPSA) is 40.5 Å². The van der Waals surface area contributed by atoms with Gasteiger partial charge in [0.2, 0.25) is 0 Å². The lowest BCUT2D eigenvalue weighted by molar-refractivity contribution is -0.125. The lowest BCUT2D eigenvalue weighted by Crippen LogP contribution is -2.39. The highest BCUT2D eigenvalue weighted by Crippen LogP contribution is 2.43. The first kappa shape index (κ1) is 12.0. The number of amides is 1. The van der Waals surface area contributed by atoms with Crippen LogP contribution in [0.4, 0.5) is 0 Å². The Morgan fingerprint density at radius 2 is 2.28 bits per heavy atom. The van der Waals surface area contributed by atoms with Crippen LogP contribution in [0.2, 0.25) is 0 Å². The zero-order chi connectivity index (χ0) is 12.8. The molecular formula is C15H21NO2. The van der Waals surface area contributed by atoms with Gasteiger partial charge in [0.1, 0.15) is 0 Å². The third-order valence-corrected chi connectivity index (χ3v) is 4.44. The van der Waals surface area contributed by atoms with Gasteiger partial charge in [-0.25, -0.2) is 0 Å². The van der Waals surface area contributed by atoms with Crippen LogP contribution in [0.3, 0.4) is 0 Å². The van der Waals surface area contributed by atoms with Crippen molar-refractivity contribution in [2.24, 2.45) is 5.92 Å². The summed E-state index contributed by atoms with van der Waals surface area (Å²) in [5, 5.41) is 10.8. The van der Waals surface area contributed by atoms with Crippen LogP contribution < -0.4 is 0 Å². The monoisotopic (exact) mass is 247 g/mol. The summed E-state index contributed by atoms with van der Waals surface area (Å²) >= 11 is 0. The van der Waals surface area contributed by atoms with Crippen molar-refractivity contribution in [2.75, 3.05) is 6.54 Å². The number of rotatable bonds is 4. The van der Waals surface area contributed by atoms with Crippen molar-refractivity contribution in [3.8, 4) is 0 Å². The summed E-state index contributed by atoms with van der Waals surface area (Å²) in [6, 6.07) is 0.444. The molecule has 3 rings (SSSR count). The van der Waals surface area contributed by atoms with E-state index in [0.29, 0.717) is 12.6 Å². The molecule has 2 fully saturated rings. The SMILES string of the molecule is CCCCC1(O)C=CC=C2C(=O)N(C3CC3)CC21. The van der Waals surface area contributed by atoms with Crippen LogP contribution in [0.5, 0.6) is 0 Å². The second-order valence-electron chi connectivity index (χ2n) is 5.82. The van der Waals surface area contributed by atoms with Crippen molar-refractivity contribution in [1.82, 2.24) is 4.90 Å². The van der Waals surface area contributed by atoms with Gasteiger partial charge in [-0.05, 0) is 19.3 Å². The first-order valence-corrected chi connectivity index (χ1v) is 7.08. The summed E-state index contributed by atoms with van der Waals surface area (Å²) in [6.07, 6.45) is 10.7. The number of hydrogen-bond acceptors (Lipinski definition) is 2. The second kappa shape index (κ2) is 4.23. The molecule has 3 heteroatoms. The average Bonchev–Trinajstić information content (AvgIpc) is 3.14. The highest BCUT2D eigenvalue weighted by molar-refractivity contribution is 5.97. The van der Waals surface area contributed by atoms with Crippen LogP contribution in [0.25, 0.3) is 0 Å². The fourth-order valence-corrected chi connectivity index (χ4v) is 3.16. The zero-order valence-corrected chi connectivity index (χ0v) is 10.9. The Balaban J connectivity index is 1.83. The van der Waals surface area contributed by atoms with Crippen molar-refractivity contribution >= 4 is 5.91 Å². The molecule has 0 aromatic carbocycles. The van der Waals surface area contributed by atoms with E-state index in [1.54, 1.807) is 0 Å². The molecule has 1 amide bonds. The molecule has 1 saturated heterocycles. The third-order valence-electron chi connectivity index (χ3n) is 4.44. The summed E-state index contributed by atoms with van der Waals surface area (Å²) in [4.78, 5) is 14.3. The van der Waals surface area contributed by atoms with Crippen molar-refractivity contribution < 1.29 is 9.90 Å². The maximum Gasteiger partial charge on any atom is 0.250 e. The number of likely N-dealkylation sites (tertiary alicyclic amines) is 1. The van der Waals surface area contributed by atoms with Gasteiger partial charge >= 0.3 is 0 Å². The quantitative estimate of drug-likeness (QED) is 0.825. The van der Waals surface area contributed by atoms with Crippen LogP contribution in [0.1, 0.15) is 39.0 Å². The predicted octanol–water partition coefficient (Wildman–Crippen LogP) is 2.02. The minimum absolute atomic E-state index is 0.0119. The predicted molar refractivity (Wildman–Crippen MR) is 69.9 cm³/mol. The fraction of sp³-hybridized carbons (Fsp3) is 0.667. The Labute approximate surface area is 108 Å². The zero-order valence-electron chi connectivity index (χ0n) is 10.9. The van der Waals surface area contributed by atoms with Crippen molar-refractivity contribution in [3.05, 3.63) is 23.8 Å². The smallest absolute Gasteiger partial charge is 0.250 e. The number of carbonyl (C=O) groups excluding carboxylic acids is 1. The molecule has 3 aliphatic rings. The minimum Gasteiger partial charge on any atom is -0.385 e. The van der Waals surface area contributed by atoms with Crippen LogP contribution in [0.15, 0.2) is 23.8 Å². The largest absolute Gasteiger partial charge is 0.385 e. The maximum atomic E-state index is 12.3. The van der Waals surface area contributed by atoms with E-state index >= 15 is 0 Å². The molecule has 3 nitrogen and oxygen atoms in total. The van der Waals surface area contributed by atoms with Gasteiger partial charge in [0.05, 0.1) is 5.60 Å². The summed E-state index contributed by atoms with van der Waals surface area (Å²) in [5.74, 6) is 0.143. The number of nitrogens with zero attached hydrogens (tertiary/aromatic N) is 1. The lowest BCUT2D eigenvalue weighted by atomic mass is 9.77. The van der Waals surface area contributed by atoms with E-state index in [-0.39, 0.29) is 11.8 Å². The van der Waals surface area contributed by atoms with Gasteiger partial charge in [0.15, 0.2) is 0 Å². The van der Waals surface area contributed by atoms with E-state index in [1.165, 1.54) is 0 Å². The molecule has 98 valence electrons. The van der Waals surface area contributed by atoms with E-state index in [4.69, 9.17) is 0 Å². The van der Waals surface area contributed by atoms with Gasteiger partial charge in [-0.2, -0.15) is 0 Å². The molecule has 0 bridgehead atoms. The molecule has 1 N–H and O–H groups in total. The first-order chi connectivity index (χ1) is 8.65. The highest BCUT2D eigenvalue weighted by atomic mass is 16.3. The highest BCUT2D eigenvalue weighted by Gasteiger charge is 2.50. The summed E-state index contributed by atoms with van der Waals surface area (Å²) in [6.45, 7) is 2.84. The van der Waals surface area contributed by atoms with Crippen LogP contribution in [0, 0.1) is 5.92 Å². The Bertz CT molecular complexity index is 422. The molecule has 1 heterocycles. The van der Waals surface area contributed by atoms with Gasteiger partial charge in [0, 0.05) is 24.1 Å². The van der Waals surface area contributed by atoms with Gasteiger partial charge in [-0.1, -0.05) is 38.0 Å².